The van der Waals surface area contributed by atoms with Crippen LogP contribution in [0, 0.1) is 6.92 Å². The van der Waals surface area contributed by atoms with Gasteiger partial charge < -0.3 is 10.1 Å². The Morgan fingerprint density at radius 3 is 2.43 bits per heavy atom. The predicted octanol–water partition coefficient (Wildman–Crippen LogP) is 3.00. The van der Waals surface area contributed by atoms with Gasteiger partial charge in [-0.25, -0.2) is 14.5 Å². The van der Waals surface area contributed by atoms with Crippen LogP contribution < -0.4 is 5.32 Å². The van der Waals surface area contributed by atoms with E-state index in [1.54, 1.807) is 35.3 Å². The molecule has 144 valence electrons. The number of hydrogen-bond acceptors (Lipinski definition) is 5. The van der Waals surface area contributed by atoms with Crippen molar-refractivity contribution in [1.82, 2.24) is 20.1 Å². The van der Waals surface area contributed by atoms with Crippen LogP contribution in [0.5, 0.6) is 0 Å². The van der Waals surface area contributed by atoms with Crippen molar-refractivity contribution in [3.8, 4) is 5.69 Å². The van der Waals surface area contributed by atoms with Crippen molar-refractivity contribution < 1.29 is 14.3 Å². The molecule has 7 heteroatoms. The predicted molar refractivity (Wildman–Crippen MR) is 104 cm³/mol. The van der Waals surface area contributed by atoms with Crippen LogP contribution in [0.25, 0.3) is 5.69 Å². The van der Waals surface area contributed by atoms with Gasteiger partial charge in [-0.05, 0) is 43.2 Å². The summed E-state index contributed by atoms with van der Waals surface area (Å²) in [5, 5.41) is 6.92. The van der Waals surface area contributed by atoms with E-state index in [0.29, 0.717) is 5.56 Å². The van der Waals surface area contributed by atoms with Crippen LogP contribution >= 0.6 is 0 Å². The minimum absolute atomic E-state index is 0.117. The Kier molecular flexibility index (Phi) is 6.16. The van der Waals surface area contributed by atoms with E-state index in [9.17, 15) is 9.59 Å². The molecule has 0 bridgehead atoms. The third kappa shape index (κ3) is 4.82. The molecule has 0 saturated carbocycles. The van der Waals surface area contributed by atoms with Gasteiger partial charge in [-0.15, -0.1) is 0 Å². The van der Waals surface area contributed by atoms with E-state index in [-0.39, 0.29) is 18.6 Å². The molecule has 0 fully saturated rings. The smallest absolute Gasteiger partial charge is 0.338 e. The Balaban J connectivity index is 1.53. The average molecular weight is 378 g/mol. The van der Waals surface area contributed by atoms with Crippen molar-refractivity contribution in [2.75, 3.05) is 6.61 Å². The molecule has 0 radical (unpaired) electrons. The number of aromatic nitrogens is 3. The van der Waals surface area contributed by atoms with Gasteiger partial charge in [-0.3, -0.25) is 4.79 Å². The van der Waals surface area contributed by atoms with Gasteiger partial charge in [0.2, 0.25) is 0 Å². The summed E-state index contributed by atoms with van der Waals surface area (Å²) in [4.78, 5) is 28.2. The number of benzene rings is 2. The summed E-state index contributed by atoms with van der Waals surface area (Å²) in [6.07, 6.45) is 3.74. The van der Waals surface area contributed by atoms with Crippen LogP contribution in [-0.4, -0.2) is 33.2 Å². The molecule has 1 heterocycles. The lowest BCUT2D eigenvalue weighted by Gasteiger charge is -2.17. The van der Waals surface area contributed by atoms with E-state index in [1.165, 1.54) is 6.33 Å². The van der Waals surface area contributed by atoms with E-state index in [0.717, 1.165) is 23.2 Å². The lowest BCUT2D eigenvalue weighted by molar-refractivity contribution is -0.125. The highest BCUT2D eigenvalue weighted by Gasteiger charge is 2.15. The van der Waals surface area contributed by atoms with E-state index in [1.807, 2.05) is 38.1 Å². The summed E-state index contributed by atoms with van der Waals surface area (Å²) in [6, 6.07) is 14.6. The number of aryl methyl sites for hydroxylation is 1. The Bertz CT molecular complexity index is 919. The van der Waals surface area contributed by atoms with Crippen molar-refractivity contribution in [2.24, 2.45) is 0 Å². The minimum atomic E-state index is -0.552. The molecule has 0 saturated heterocycles. The Hall–Kier alpha value is -3.48. The summed E-state index contributed by atoms with van der Waals surface area (Å²) in [6.45, 7) is 3.68. The molecule has 2 aromatic carbocycles. The second-order valence-corrected chi connectivity index (χ2v) is 6.40. The molecule has 1 atom stereocenters. The van der Waals surface area contributed by atoms with E-state index < -0.39 is 5.97 Å². The van der Waals surface area contributed by atoms with Crippen molar-refractivity contribution >= 4 is 11.9 Å². The molecule has 0 spiro atoms. The highest BCUT2D eigenvalue weighted by atomic mass is 16.5. The van der Waals surface area contributed by atoms with Gasteiger partial charge in [0.1, 0.15) is 12.7 Å². The van der Waals surface area contributed by atoms with Gasteiger partial charge in [0, 0.05) is 0 Å². The number of carbonyl (C=O) groups is 2. The van der Waals surface area contributed by atoms with E-state index >= 15 is 0 Å². The molecule has 1 N–H and O–H groups in total. The second kappa shape index (κ2) is 8.94. The summed E-state index contributed by atoms with van der Waals surface area (Å²) in [5.74, 6) is -0.885. The molecule has 7 nitrogen and oxygen atoms in total. The Morgan fingerprint density at radius 1 is 1.11 bits per heavy atom. The fraction of sp³-hybridized carbons (Fsp3) is 0.238. The fourth-order valence-electron chi connectivity index (χ4n) is 2.76. The maximum absolute atomic E-state index is 12.2. The zero-order valence-corrected chi connectivity index (χ0v) is 15.8. The lowest BCUT2D eigenvalue weighted by atomic mass is 10.0. The monoisotopic (exact) mass is 378 g/mol. The minimum Gasteiger partial charge on any atom is -0.452 e. The summed E-state index contributed by atoms with van der Waals surface area (Å²) in [5.41, 5.74) is 3.32. The van der Waals surface area contributed by atoms with E-state index in [2.05, 4.69) is 15.4 Å². The molecule has 3 aromatic rings. The molecule has 1 aromatic heterocycles. The molecule has 3 rings (SSSR count). The first-order valence-electron chi connectivity index (χ1n) is 9.05. The van der Waals surface area contributed by atoms with E-state index in [4.69, 9.17) is 4.74 Å². The Morgan fingerprint density at radius 2 is 1.82 bits per heavy atom. The fourth-order valence-corrected chi connectivity index (χ4v) is 2.76. The topological polar surface area (TPSA) is 86.1 Å². The quantitative estimate of drug-likeness (QED) is 0.639. The average Bonchev–Trinajstić information content (AvgIpc) is 3.26. The third-order valence-electron chi connectivity index (χ3n) is 4.34. The second-order valence-electron chi connectivity index (χ2n) is 6.40. The number of esters is 1. The van der Waals surface area contributed by atoms with Crippen molar-refractivity contribution in [3.63, 3.8) is 0 Å². The number of nitrogens with one attached hydrogen (secondary N) is 1. The number of nitrogens with zero attached hydrogens (tertiary/aromatic N) is 3. The van der Waals surface area contributed by atoms with Gasteiger partial charge in [0.15, 0.2) is 6.61 Å². The molecular formula is C21H22N4O3. The van der Waals surface area contributed by atoms with Gasteiger partial charge in [-0.1, -0.05) is 36.8 Å². The summed E-state index contributed by atoms with van der Waals surface area (Å²) in [7, 11) is 0. The molecule has 0 aliphatic rings. The van der Waals surface area contributed by atoms with Crippen LogP contribution in [0.2, 0.25) is 0 Å². The first kappa shape index (κ1) is 19.3. The Labute approximate surface area is 163 Å². The third-order valence-corrected chi connectivity index (χ3v) is 4.34. The largest absolute Gasteiger partial charge is 0.452 e. The molecule has 28 heavy (non-hydrogen) atoms. The highest BCUT2D eigenvalue weighted by Crippen LogP contribution is 2.17. The molecular weight excluding hydrogens is 356 g/mol. The molecule has 0 aliphatic heterocycles. The van der Waals surface area contributed by atoms with Crippen LogP contribution in [0.15, 0.2) is 61.2 Å². The highest BCUT2D eigenvalue weighted by molar-refractivity contribution is 5.91. The first-order valence-corrected chi connectivity index (χ1v) is 9.05. The van der Waals surface area contributed by atoms with Crippen molar-refractivity contribution in [1.29, 1.82) is 0 Å². The number of rotatable bonds is 7. The van der Waals surface area contributed by atoms with Crippen LogP contribution in [0.3, 0.4) is 0 Å². The van der Waals surface area contributed by atoms with Crippen LogP contribution in [0.4, 0.5) is 0 Å². The van der Waals surface area contributed by atoms with Gasteiger partial charge in [0.05, 0.1) is 17.3 Å². The molecule has 0 unspecified atom stereocenters. The molecule has 0 aliphatic carbocycles. The van der Waals surface area contributed by atoms with Gasteiger partial charge in [0.25, 0.3) is 5.91 Å². The van der Waals surface area contributed by atoms with Crippen LogP contribution in [0.1, 0.15) is 40.9 Å². The zero-order valence-electron chi connectivity index (χ0n) is 15.8. The standard InChI is InChI=1S/C21H22N4O3/c1-3-19(16-6-4-15(2)5-7-16)24-20(26)12-28-21(27)17-8-10-18(11-9-17)25-14-22-13-23-25/h4-11,13-14,19H,3,12H2,1-2H3,(H,24,26)/t19-/m0/s1. The first-order chi connectivity index (χ1) is 13.6. The number of ether oxygens (including phenoxy) is 1. The number of carbonyl (C=O) groups excluding carboxylic acids is 2. The maximum Gasteiger partial charge on any atom is 0.338 e. The lowest BCUT2D eigenvalue weighted by Crippen LogP contribution is -2.32. The van der Waals surface area contributed by atoms with Gasteiger partial charge >= 0.3 is 5.97 Å². The maximum atomic E-state index is 12.2. The number of hydrogen-bond donors (Lipinski definition) is 1. The van der Waals surface area contributed by atoms with Crippen LogP contribution in [-0.2, 0) is 9.53 Å². The normalized spacial score (nSPS) is 11.6. The van der Waals surface area contributed by atoms with Crippen molar-refractivity contribution in [2.45, 2.75) is 26.3 Å². The van der Waals surface area contributed by atoms with Crippen molar-refractivity contribution in [3.05, 3.63) is 77.9 Å². The number of amides is 1. The summed E-state index contributed by atoms with van der Waals surface area (Å²) >= 11 is 0. The molecule has 1 amide bonds. The van der Waals surface area contributed by atoms with Gasteiger partial charge in [-0.2, -0.15) is 5.10 Å². The zero-order chi connectivity index (χ0) is 19.9. The summed E-state index contributed by atoms with van der Waals surface area (Å²) < 4.78 is 6.72. The SMILES string of the molecule is CC[C@H](NC(=O)COC(=O)c1ccc(-n2cncn2)cc1)c1ccc(C)cc1.